The summed E-state index contributed by atoms with van der Waals surface area (Å²) in [4.78, 5) is 16.6. The first-order valence-corrected chi connectivity index (χ1v) is 10.0. The Labute approximate surface area is 163 Å². The zero-order valence-electron chi connectivity index (χ0n) is 15.7. The molecule has 0 atom stereocenters. The monoisotopic (exact) mass is 399 g/mol. The van der Waals surface area contributed by atoms with E-state index < -0.39 is 15.6 Å². The molecule has 2 aromatic carbocycles. The lowest BCUT2D eigenvalue weighted by Crippen LogP contribution is -2.40. The Hall–Kier alpha value is -3.04. The van der Waals surface area contributed by atoms with Crippen molar-refractivity contribution in [2.75, 3.05) is 5.32 Å². The molecule has 0 radical (unpaired) electrons. The Bertz CT molecular complexity index is 1070. The van der Waals surface area contributed by atoms with Crippen molar-refractivity contribution < 1.29 is 13.2 Å². The number of hydrogen-bond donors (Lipinski definition) is 2. The average molecular weight is 399 g/mol. The molecule has 0 aliphatic heterocycles. The fourth-order valence-corrected chi connectivity index (χ4v) is 3.97. The second-order valence-corrected chi connectivity index (χ2v) is 8.87. The fourth-order valence-electron chi connectivity index (χ4n) is 2.55. The van der Waals surface area contributed by atoms with Crippen LogP contribution in [0.3, 0.4) is 0 Å². The molecule has 0 aliphatic carbocycles. The van der Waals surface area contributed by atoms with E-state index in [9.17, 15) is 13.2 Å². The molecule has 8 nitrogen and oxygen atoms in total. The third kappa shape index (κ3) is 4.62. The van der Waals surface area contributed by atoms with Gasteiger partial charge < -0.3 is 5.32 Å². The summed E-state index contributed by atoms with van der Waals surface area (Å²) in [5.74, 6) is -0.361. The maximum atomic E-state index is 12.6. The van der Waals surface area contributed by atoms with Gasteiger partial charge in [-0.05, 0) is 57.2 Å². The number of benzene rings is 2. The van der Waals surface area contributed by atoms with Gasteiger partial charge in [-0.25, -0.2) is 22.8 Å². The van der Waals surface area contributed by atoms with Crippen LogP contribution in [0, 0.1) is 0 Å². The van der Waals surface area contributed by atoms with Crippen molar-refractivity contribution >= 4 is 21.6 Å². The Balaban J connectivity index is 1.80. The molecule has 1 aromatic heterocycles. The Morgan fingerprint density at radius 3 is 2.32 bits per heavy atom. The van der Waals surface area contributed by atoms with Crippen LogP contribution < -0.4 is 10.0 Å². The second kappa shape index (κ2) is 7.53. The highest BCUT2D eigenvalue weighted by Crippen LogP contribution is 2.20. The van der Waals surface area contributed by atoms with Gasteiger partial charge in [-0.2, -0.15) is 5.10 Å². The molecule has 1 heterocycles. The fraction of sp³-hybridized carbons (Fsp3) is 0.211. The molecular weight excluding hydrogens is 378 g/mol. The van der Waals surface area contributed by atoms with Crippen LogP contribution in [-0.4, -0.2) is 34.6 Å². The predicted molar refractivity (Wildman–Crippen MR) is 106 cm³/mol. The van der Waals surface area contributed by atoms with Crippen molar-refractivity contribution in [3.63, 3.8) is 0 Å². The average Bonchev–Trinajstić information content (AvgIpc) is 3.15. The summed E-state index contributed by atoms with van der Waals surface area (Å²) in [6, 6.07) is 12.9. The highest BCUT2D eigenvalue weighted by Gasteiger charge is 2.22. The number of anilines is 1. The van der Waals surface area contributed by atoms with E-state index in [1.54, 1.807) is 43.7 Å². The Morgan fingerprint density at radius 2 is 1.71 bits per heavy atom. The van der Waals surface area contributed by atoms with Crippen LogP contribution in [0.1, 0.15) is 31.1 Å². The van der Waals surface area contributed by atoms with Gasteiger partial charge in [-0.15, -0.1) is 0 Å². The van der Waals surface area contributed by atoms with Crippen LogP contribution >= 0.6 is 0 Å². The van der Waals surface area contributed by atoms with Crippen molar-refractivity contribution in [2.45, 2.75) is 31.2 Å². The van der Waals surface area contributed by atoms with E-state index in [0.717, 1.165) is 0 Å². The van der Waals surface area contributed by atoms with E-state index in [4.69, 9.17) is 0 Å². The highest BCUT2D eigenvalue weighted by molar-refractivity contribution is 7.89. The summed E-state index contributed by atoms with van der Waals surface area (Å²) >= 11 is 0. The third-order valence-corrected chi connectivity index (χ3v) is 5.46. The highest BCUT2D eigenvalue weighted by atomic mass is 32.2. The SMILES string of the molecule is CC(C)(C)NS(=O)(=O)c1ccc(C(=O)Nc2ccccc2-n2cncn2)cc1. The molecule has 0 spiro atoms. The van der Waals surface area contributed by atoms with Crippen molar-refractivity contribution in [2.24, 2.45) is 0 Å². The van der Waals surface area contributed by atoms with E-state index in [0.29, 0.717) is 16.9 Å². The topological polar surface area (TPSA) is 106 Å². The normalized spacial score (nSPS) is 12.0. The molecule has 28 heavy (non-hydrogen) atoms. The Kier molecular flexibility index (Phi) is 5.30. The number of sulfonamides is 1. The van der Waals surface area contributed by atoms with Gasteiger partial charge >= 0.3 is 0 Å². The van der Waals surface area contributed by atoms with E-state index in [-0.39, 0.29) is 10.8 Å². The molecule has 1 amide bonds. The van der Waals surface area contributed by atoms with E-state index in [1.165, 1.54) is 36.9 Å². The molecule has 3 rings (SSSR count). The lowest BCUT2D eigenvalue weighted by molar-refractivity contribution is 0.102. The van der Waals surface area contributed by atoms with Crippen molar-refractivity contribution in [1.29, 1.82) is 0 Å². The molecule has 3 aromatic rings. The minimum absolute atomic E-state index is 0.0991. The lowest BCUT2D eigenvalue weighted by atomic mass is 10.1. The first kappa shape index (κ1) is 19.7. The number of amides is 1. The van der Waals surface area contributed by atoms with Gasteiger partial charge in [0, 0.05) is 11.1 Å². The zero-order chi connectivity index (χ0) is 20.4. The van der Waals surface area contributed by atoms with Gasteiger partial charge in [-0.3, -0.25) is 4.79 Å². The van der Waals surface area contributed by atoms with Crippen molar-refractivity contribution in [3.05, 3.63) is 66.7 Å². The van der Waals surface area contributed by atoms with Crippen molar-refractivity contribution in [1.82, 2.24) is 19.5 Å². The molecule has 2 N–H and O–H groups in total. The summed E-state index contributed by atoms with van der Waals surface area (Å²) in [6.07, 6.45) is 2.94. The van der Waals surface area contributed by atoms with Gasteiger partial charge in [-0.1, -0.05) is 12.1 Å². The predicted octanol–water partition coefficient (Wildman–Crippen LogP) is 2.60. The molecule has 146 valence electrons. The smallest absolute Gasteiger partial charge is 0.255 e. The summed E-state index contributed by atoms with van der Waals surface area (Å²) in [7, 11) is -3.66. The van der Waals surface area contributed by atoms with Crippen LogP contribution in [0.2, 0.25) is 0 Å². The number of carbonyl (C=O) groups is 1. The van der Waals surface area contributed by atoms with Crippen LogP contribution in [0.15, 0.2) is 66.1 Å². The zero-order valence-corrected chi connectivity index (χ0v) is 16.6. The minimum atomic E-state index is -3.66. The van der Waals surface area contributed by atoms with Gasteiger partial charge in [0.1, 0.15) is 12.7 Å². The molecular formula is C19H21N5O3S. The number of rotatable bonds is 5. The van der Waals surface area contributed by atoms with Crippen LogP contribution in [0.5, 0.6) is 0 Å². The molecule has 0 aliphatic rings. The first-order chi connectivity index (χ1) is 13.2. The van der Waals surface area contributed by atoms with Crippen molar-refractivity contribution in [3.8, 4) is 5.69 Å². The Morgan fingerprint density at radius 1 is 1.04 bits per heavy atom. The quantitative estimate of drug-likeness (QED) is 0.686. The number of nitrogens with zero attached hydrogens (tertiary/aromatic N) is 3. The summed E-state index contributed by atoms with van der Waals surface area (Å²) in [5.41, 5.74) is 0.967. The number of hydrogen-bond acceptors (Lipinski definition) is 5. The van der Waals surface area contributed by atoms with Crippen LogP contribution in [0.4, 0.5) is 5.69 Å². The maximum Gasteiger partial charge on any atom is 0.255 e. The lowest BCUT2D eigenvalue weighted by Gasteiger charge is -2.20. The summed E-state index contributed by atoms with van der Waals surface area (Å²) < 4.78 is 28.9. The first-order valence-electron chi connectivity index (χ1n) is 8.55. The summed E-state index contributed by atoms with van der Waals surface area (Å²) in [6.45, 7) is 5.29. The maximum absolute atomic E-state index is 12.6. The van der Waals surface area contributed by atoms with Gasteiger partial charge in [0.15, 0.2) is 0 Å². The second-order valence-electron chi connectivity index (χ2n) is 7.19. The summed E-state index contributed by atoms with van der Waals surface area (Å²) in [5, 5.41) is 6.89. The van der Waals surface area contributed by atoms with Gasteiger partial charge in [0.2, 0.25) is 10.0 Å². The number of carbonyl (C=O) groups excluding carboxylic acids is 1. The van der Waals surface area contributed by atoms with Crippen LogP contribution in [-0.2, 0) is 10.0 Å². The van der Waals surface area contributed by atoms with Crippen LogP contribution in [0.25, 0.3) is 5.69 Å². The minimum Gasteiger partial charge on any atom is -0.320 e. The molecule has 0 saturated carbocycles. The largest absolute Gasteiger partial charge is 0.320 e. The number of nitrogens with one attached hydrogen (secondary N) is 2. The van der Waals surface area contributed by atoms with E-state index >= 15 is 0 Å². The molecule has 0 bridgehead atoms. The van der Waals surface area contributed by atoms with E-state index in [1.807, 2.05) is 6.07 Å². The molecule has 0 fully saturated rings. The standard InChI is InChI=1S/C19H21N5O3S/c1-19(2,3)23-28(26,27)15-10-8-14(9-11-15)18(25)22-16-6-4-5-7-17(16)24-13-20-12-21-24/h4-13,23H,1-3H3,(H,22,25). The van der Waals surface area contributed by atoms with Gasteiger partial charge in [0.05, 0.1) is 16.3 Å². The molecule has 0 saturated heterocycles. The van der Waals surface area contributed by atoms with Gasteiger partial charge in [0.25, 0.3) is 5.91 Å². The molecule has 0 unspecified atom stereocenters. The van der Waals surface area contributed by atoms with E-state index in [2.05, 4.69) is 20.1 Å². The molecule has 9 heteroatoms. The number of para-hydroxylation sites is 2. The third-order valence-electron chi connectivity index (χ3n) is 3.69. The number of aromatic nitrogens is 3.